The van der Waals surface area contributed by atoms with Gasteiger partial charge in [-0.3, -0.25) is 10.1 Å². The number of benzene rings is 1. The Bertz CT molecular complexity index is 433. The predicted octanol–water partition coefficient (Wildman–Crippen LogP) is 2.31. The molecule has 1 aromatic carbocycles. The Balaban J connectivity index is 3.18. The van der Waals surface area contributed by atoms with Crippen LogP contribution in [-0.2, 0) is 0 Å². The van der Waals surface area contributed by atoms with Gasteiger partial charge >= 0.3 is 0 Å². The van der Waals surface area contributed by atoms with Crippen molar-refractivity contribution in [3.05, 3.63) is 34.1 Å². The molecule has 0 aliphatic carbocycles. The fourth-order valence-corrected chi connectivity index (χ4v) is 1.22. The van der Waals surface area contributed by atoms with Gasteiger partial charge in [-0.2, -0.15) is 0 Å². The van der Waals surface area contributed by atoms with E-state index in [0.717, 1.165) is 6.07 Å². The van der Waals surface area contributed by atoms with Crippen molar-refractivity contribution >= 4 is 11.4 Å². The molecule has 0 spiro atoms. The number of halogens is 1. The first kappa shape index (κ1) is 13.4. The van der Waals surface area contributed by atoms with Gasteiger partial charge in [-0.05, 0) is 26.8 Å². The van der Waals surface area contributed by atoms with Crippen LogP contribution in [0, 0.1) is 15.9 Å². The van der Waals surface area contributed by atoms with E-state index in [0.29, 0.717) is 0 Å². The highest BCUT2D eigenvalue weighted by molar-refractivity contribution is 5.63. The molecule has 0 aliphatic heterocycles. The Morgan fingerprint density at radius 3 is 2.59 bits per heavy atom. The van der Waals surface area contributed by atoms with Crippen LogP contribution in [0.4, 0.5) is 15.8 Å². The van der Waals surface area contributed by atoms with Gasteiger partial charge in [0.25, 0.3) is 5.69 Å². The quantitative estimate of drug-likeness (QED) is 0.627. The van der Waals surface area contributed by atoms with E-state index in [9.17, 15) is 19.6 Å². The molecule has 1 rings (SSSR count). The van der Waals surface area contributed by atoms with Crippen molar-refractivity contribution in [2.24, 2.45) is 0 Å². The summed E-state index contributed by atoms with van der Waals surface area (Å²) in [5, 5.41) is 22.9. The maximum absolute atomic E-state index is 13.6. The maximum Gasteiger partial charge on any atom is 0.295 e. The number of nitro groups is 1. The Labute approximate surface area is 98.4 Å². The first-order chi connectivity index (χ1) is 7.75. The van der Waals surface area contributed by atoms with Gasteiger partial charge in [0, 0.05) is 6.07 Å². The minimum Gasteiger partial charge on any atom is -0.391 e. The Hall–Kier alpha value is -1.69. The summed E-state index contributed by atoms with van der Waals surface area (Å²) in [6.45, 7) is 4.79. The molecule has 0 saturated heterocycles. The molecule has 0 radical (unpaired) electrons. The molecule has 1 atom stereocenters. The van der Waals surface area contributed by atoms with E-state index < -0.39 is 22.4 Å². The smallest absolute Gasteiger partial charge is 0.295 e. The average Bonchev–Trinajstić information content (AvgIpc) is 2.20. The summed E-state index contributed by atoms with van der Waals surface area (Å²) >= 11 is 0. The number of hydrogen-bond acceptors (Lipinski definition) is 4. The van der Waals surface area contributed by atoms with Gasteiger partial charge in [0.05, 0.1) is 16.6 Å². The van der Waals surface area contributed by atoms with Gasteiger partial charge in [0.15, 0.2) is 5.82 Å². The van der Waals surface area contributed by atoms with Crippen LogP contribution in [0.5, 0.6) is 0 Å². The summed E-state index contributed by atoms with van der Waals surface area (Å²) in [5.74, 6) is -0.715. The Kier molecular flexibility index (Phi) is 3.67. The van der Waals surface area contributed by atoms with Crippen LogP contribution in [0.3, 0.4) is 0 Å². The summed E-state index contributed by atoms with van der Waals surface area (Å²) in [6, 6.07) is 3.62. The highest BCUT2D eigenvalue weighted by Gasteiger charge is 2.28. The molecule has 0 bridgehead atoms. The second-order valence-corrected chi connectivity index (χ2v) is 4.41. The molecule has 5 nitrogen and oxygen atoms in total. The van der Waals surface area contributed by atoms with Crippen molar-refractivity contribution in [3.63, 3.8) is 0 Å². The summed E-state index contributed by atoms with van der Waals surface area (Å²) < 4.78 is 13.6. The molecule has 6 heteroatoms. The molecule has 1 aromatic rings. The second-order valence-electron chi connectivity index (χ2n) is 4.41. The fraction of sp³-hybridized carbons (Fsp3) is 0.455. The normalized spacial score (nSPS) is 13.2. The number of nitrogens with one attached hydrogen (secondary N) is 1. The topological polar surface area (TPSA) is 75.4 Å². The lowest BCUT2D eigenvalue weighted by atomic mass is 9.98. The Morgan fingerprint density at radius 2 is 2.12 bits per heavy atom. The minimum absolute atomic E-state index is 0.205. The molecule has 1 unspecified atom stereocenters. The van der Waals surface area contributed by atoms with E-state index in [-0.39, 0.29) is 11.4 Å². The van der Waals surface area contributed by atoms with Gasteiger partial charge in [-0.15, -0.1) is 0 Å². The molecular formula is C11H15FN2O3. The molecule has 0 aromatic heterocycles. The fourth-order valence-electron chi connectivity index (χ4n) is 1.22. The lowest BCUT2D eigenvalue weighted by molar-refractivity contribution is -0.384. The van der Waals surface area contributed by atoms with Crippen LogP contribution in [0.2, 0.25) is 0 Å². The van der Waals surface area contributed by atoms with Crippen molar-refractivity contribution in [2.75, 3.05) is 5.32 Å². The third kappa shape index (κ3) is 2.91. The summed E-state index contributed by atoms with van der Waals surface area (Å²) in [4.78, 5) is 10.1. The second kappa shape index (κ2) is 4.67. The zero-order valence-corrected chi connectivity index (χ0v) is 9.90. The molecule has 0 amide bonds. The monoisotopic (exact) mass is 242 g/mol. The SMILES string of the molecule is CC(O)C(C)(C)Nc1c(F)cccc1[N+](=O)[O-]. The van der Waals surface area contributed by atoms with Gasteiger partial charge in [0.1, 0.15) is 5.69 Å². The Morgan fingerprint density at radius 1 is 1.53 bits per heavy atom. The van der Waals surface area contributed by atoms with Crippen LogP contribution < -0.4 is 5.32 Å². The number of hydrogen-bond donors (Lipinski definition) is 2. The van der Waals surface area contributed by atoms with Crippen molar-refractivity contribution < 1.29 is 14.4 Å². The predicted molar refractivity (Wildman–Crippen MR) is 62.4 cm³/mol. The summed E-state index contributed by atoms with van der Waals surface area (Å²) in [7, 11) is 0. The molecule has 17 heavy (non-hydrogen) atoms. The standard InChI is InChI=1S/C11H15FN2O3/c1-7(15)11(2,3)13-10-8(12)5-4-6-9(10)14(16)17/h4-7,13,15H,1-3H3. The lowest BCUT2D eigenvalue weighted by Gasteiger charge is -2.30. The zero-order chi connectivity index (χ0) is 13.2. The highest BCUT2D eigenvalue weighted by Crippen LogP contribution is 2.30. The summed E-state index contributed by atoms with van der Waals surface area (Å²) in [6.07, 6.45) is -0.790. The number of anilines is 1. The largest absolute Gasteiger partial charge is 0.391 e. The van der Waals surface area contributed by atoms with Crippen LogP contribution in [0.15, 0.2) is 18.2 Å². The molecule has 2 N–H and O–H groups in total. The molecule has 0 fully saturated rings. The average molecular weight is 242 g/mol. The van der Waals surface area contributed by atoms with E-state index >= 15 is 0 Å². The third-order valence-corrected chi connectivity index (χ3v) is 2.68. The number of nitrogens with zero attached hydrogens (tertiary/aromatic N) is 1. The zero-order valence-electron chi connectivity index (χ0n) is 9.90. The lowest BCUT2D eigenvalue weighted by Crippen LogP contribution is -2.42. The van der Waals surface area contributed by atoms with E-state index in [1.807, 2.05) is 0 Å². The molecule has 94 valence electrons. The minimum atomic E-state index is -0.868. The van der Waals surface area contributed by atoms with Crippen LogP contribution >= 0.6 is 0 Å². The van der Waals surface area contributed by atoms with Crippen molar-refractivity contribution in [1.29, 1.82) is 0 Å². The van der Waals surface area contributed by atoms with Gasteiger partial charge in [-0.25, -0.2) is 4.39 Å². The van der Waals surface area contributed by atoms with E-state index in [2.05, 4.69) is 5.32 Å². The molecule has 0 heterocycles. The van der Waals surface area contributed by atoms with Gasteiger partial charge in [-0.1, -0.05) is 6.07 Å². The van der Waals surface area contributed by atoms with Gasteiger partial charge in [0.2, 0.25) is 0 Å². The maximum atomic E-state index is 13.6. The number of aliphatic hydroxyl groups is 1. The van der Waals surface area contributed by atoms with Crippen LogP contribution in [0.1, 0.15) is 20.8 Å². The highest BCUT2D eigenvalue weighted by atomic mass is 19.1. The first-order valence-electron chi connectivity index (χ1n) is 5.15. The van der Waals surface area contributed by atoms with E-state index in [1.54, 1.807) is 13.8 Å². The van der Waals surface area contributed by atoms with Crippen molar-refractivity contribution in [2.45, 2.75) is 32.4 Å². The number of para-hydroxylation sites is 1. The van der Waals surface area contributed by atoms with E-state index in [1.165, 1.54) is 19.1 Å². The number of aliphatic hydroxyl groups excluding tert-OH is 1. The van der Waals surface area contributed by atoms with Gasteiger partial charge < -0.3 is 10.4 Å². The van der Waals surface area contributed by atoms with Crippen LogP contribution in [0.25, 0.3) is 0 Å². The number of rotatable bonds is 4. The molecule has 0 aliphatic rings. The van der Waals surface area contributed by atoms with E-state index in [4.69, 9.17) is 0 Å². The van der Waals surface area contributed by atoms with Crippen molar-refractivity contribution in [1.82, 2.24) is 0 Å². The third-order valence-electron chi connectivity index (χ3n) is 2.68. The number of nitro benzene ring substituents is 1. The first-order valence-corrected chi connectivity index (χ1v) is 5.15. The summed E-state index contributed by atoms with van der Waals surface area (Å²) in [5.41, 5.74) is -1.42. The van der Waals surface area contributed by atoms with Crippen molar-refractivity contribution in [3.8, 4) is 0 Å². The molecule has 0 saturated carbocycles. The van der Waals surface area contributed by atoms with Crippen LogP contribution in [-0.4, -0.2) is 21.7 Å². The molecular weight excluding hydrogens is 227 g/mol.